The van der Waals surface area contributed by atoms with Gasteiger partial charge in [0.25, 0.3) is 5.91 Å². The summed E-state index contributed by atoms with van der Waals surface area (Å²) in [4.78, 5) is 16.7. The Labute approximate surface area is 111 Å². The zero-order valence-corrected chi connectivity index (χ0v) is 10.8. The fourth-order valence-electron chi connectivity index (χ4n) is 2.74. The van der Waals surface area contributed by atoms with Gasteiger partial charge in [0, 0.05) is 10.6 Å². The Morgan fingerprint density at radius 1 is 1.11 bits per heavy atom. The van der Waals surface area contributed by atoms with Gasteiger partial charge >= 0.3 is 0 Å². The number of rotatable bonds is 1. The predicted molar refractivity (Wildman–Crippen MR) is 71.9 cm³/mol. The monoisotopic (exact) mass is 262 g/mol. The summed E-state index contributed by atoms with van der Waals surface area (Å²) < 4.78 is 0. The molecule has 0 bridgehead atoms. The standard InChI is InChI=1S/C14H15ClN2O/c15-11-6-4-10(5-7-11)12-13(18)17-14(16-12)8-2-1-3-9-14/h4-7H,1-3,8-9H2,(H,17,18). The quantitative estimate of drug-likeness (QED) is 0.831. The molecular weight excluding hydrogens is 248 g/mol. The maximum Gasteiger partial charge on any atom is 0.272 e. The summed E-state index contributed by atoms with van der Waals surface area (Å²) in [6.07, 6.45) is 5.42. The number of benzene rings is 1. The van der Waals surface area contributed by atoms with E-state index < -0.39 is 0 Å². The van der Waals surface area contributed by atoms with Gasteiger partial charge < -0.3 is 5.32 Å². The van der Waals surface area contributed by atoms with Crippen molar-refractivity contribution in [2.45, 2.75) is 37.8 Å². The molecule has 1 heterocycles. The first kappa shape index (κ1) is 11.7. The van der Waals surface area contributed by atoms with E-state index in [-0.39, 0.29) is 11.6 Å². The SMILES string of the molecule is O=C1NC2(CCCCC2)N=C1c1ccc(Cl)cc1. The van der Waals surface area contributed by atoms with Crippen LogP contribution in [0.1, 0.15) is 37.7 Å². The van der Waals surface area contributed by atoms with Gasteiger partial charge in [0.2, 0.25) is 0 Å². The van der Waals surface area contributed by atoms with Crippen molar-refractivity contribution in [2.75, 3.05) is 0 Å². The molecule has 0 saturated heterocycles. The van der Waals surface area contributed by atoms with Crippen LogP contribution in [0.3, 0.4) is 0 Å². The molecule has 1 fully saturated rings. The minimum absolute atomic E-state index is 0.0563. The molecule has 1 spiro atoms. The summed E-state index contributed by atoms with van der Waals surface area (Å²) in [6.45, 7) is 0. The van der Waals surface area contributed by atoms with Crippen LogP contribution in [-0.4, -0.2) is 17.3 Å². The normalized spacial score (nSPS) is 21.8. The summed E-state index contributed by atoms with van der Waals surface area (Å²) in [5.41, 5.74) is 1.07. The van der Waals surface area contributed by atoms with Gasteiger partial charge in [-0.25, -0.2) is 0 Å². The van der Waals surface area contributed by atoms with Crippen LogP contribution in [0, 0.1) is 0 Å². The summed E-state index contributed by atoms with van der Waals surface area (Å²) in [5, 5.41) is 3.73. The summed E-state index contributed by atoms with van der Waals surface area (Å²) in [6, 6.07) is 7.28. The van der Waals surface area contributed by atoms with E-state index in [0.717, 1.165) is 31.2 Å². The predicted octanol–water partition coefficient (Wildman–Crippen LogP) is 2.92. The summed E-state index contributed by atoms with van der Waals surface area (Å²) >= 11 is 5.86. The number of nitrogens with one attached hydrogen (secondary N) is 1. The number of nitrogens with zero attached hydrogens (tertiary/aromatic N) is 1. The smallest absolute Gasteiger partial charge is 0.272 e. The molecule has 18 heavy (non-hydrogen) atoms. The van der Waals surface area contributed by atoms with Crippen molar-refractivity contribution in [3.63, 3.8) is 0 Å². The average Bonchev–Trinajstić information content (AvgIpc) is 2.68. The van der Waals surface area contributed by atoms with E-state index in [2.05, 4.69) is 10.3 Å². The first-order chi connectivity index (χ1) is 8.69. The van der Waals surface area contributed by atoms with Gasteiger partial charge in [-0.15, -0.1) is 0 Å². The molecule has 2 aliphatic rings. The van der Waals surface area contributed by atoms with Gasteiger partial charge in [-0.3, -0.25) is 9.79 Å². The lowest BCUT2D eigenvalue weighted by atomic mass is 9.90. The molecule has 0 unspecified atom stereocenters. The lowest BCUT2D eigenvalue weighted by molar-refractivity contribution is -0.115. The Morgan fingerprint density at radius 2 is 1.78 bits per heavy atom. The molecule has 1 aromatic carbocycles. The molecule has 1 aliphatic carbocycles. The highest BCUT2D eigenvalue weighted by Gasteiger charge is 2.40. The average molecular weight is 263 g/mol. The fraction of sp³-hybridized carbons (Fsp3) is 0.429. The van der Waals surface area contributed by atoms with E-state index in [1.165, 1.54) is 6.42 Å². The largest absolute Gasteiger partial charge is 0.326 e. The highest BCUT2D eigenvalue weighted by atomic mass is 35.5. The molecule has 1 aliphatic heterocycles. The molecule has 0 aromatic heterocycles. The third-order valence-corrected chi connectivity index (χ3v) is 3.94. The lowest BCUT2D eigenvalue weighted by Crippen LogP contribution is -2.43. The molecule has 3 nitrogen and oxygen atoms in total. The van der Waals surface area contributed by atoms with Crippen LogP contribution < -0.4 is 5.32 Å². The van der Waals surface area contributed by atoms with E-state index in [9.17, 15) is 4.79 Å². The molecule has 0 atom stereocenters. The second kappa shape index (κ2) is 4.39. The third-order valence-electron chi connectivity index (χ3n) is 3.69. The van der Waals surface area contributed by atoms with Crippen LogP contribution in [0.2, 0.25) is 5.02 Å². The van der Waals surface area contributed by atoms with Crippen molar-refractivity contribution in [3.8, 4) is 0 Å². The molecule has 1 amide bonds. The highest BCUT2D eigenvalue weighted by Crippen LogP contribution is 2.33. The van der Waals surface area contributed by atoms with Crippen molar-refractivity contribution in [2.24, 2.45) is 4.99 Å². The molecule has 4 heteroatoms. The van der Waals surface area contributed by atoms with Gasteiger partial charge in [0.05, 0.1) is 0 Å². The summed E-state index contributed by atoms with van der Waals surface area (Å²) in [5.74, 6) is -0.0563. The Hall–Kier alpha value is -1.35. The van der Waals surface area contributed by atoms with E-state index in [1.54, 1.807) is 12.1 Å². The number of carbonyl (C=O) groups excluding carboxylic acids is 1. The topological polar surface area (TPSA) is 41.5 Å². The van der Waals surface area contributed by atoms with Crippen molar-refractivity contribution in [1.82, 2.24) is 5.32 Å². The number of amides is 1. The highest BCUT2D eigenvalue weighted by molar-refractivity contribution is 6.47. The molecule has 94 valence electrons. The minimum atomic E-state index is -0.329. The number of hydrogen-bond donors (Lipinski definition) is 1. The van der Waals surface area contributed by atoms with Gasteiger partial charge in [-0.2, -0.15) is 0 Å². The number of aliphatic imine (C=N–C) groups is 1. The molecular formula is C14H15ClN2O. The second-order valence-corrected chi connectivity index (χ2v) is 5.45. The van der Waals surface area contributed by atoms with Crippen LogP contribution >= 0.6 is 11.6 Å². The first-order valence-electron chi connectivity index (χ1n) is 6.37. The molecule has 3 rings (SSSR count). The number of hydrogen-bond acceptors (Lipinski definition) is 2. The molecule has 0 radical (unpaired) electrons. The zero-order chi connectivity index (χ0) is 12.6. The van der Waals surface area contributed by atoms with Gasteiger partial charge in [-0.1, -0.05) is 30.2 Å². The maximum atomic E-state index is 12.1. The van der Waals surface area contributed by atoms with Gasteiger partial charge in [-0.05, 0) is 37.8 Å². The van der Waals surface area contributed by atoms with E-state index in [0.29, 0.717) is 10.7 Å². The Bertz CT molecular complexity index is 501. The van der Waals surface area contributed by atoms with Crippen LogP contribution in [0.15, 0.2) is 29.3 Å². The van der Waals surface area contributed by atoms with Crippen LogP contribution in [-0.2, 0) is 4.79 Å². The van der Waals surface area contributed by atoms with Gasteiger partial charge in [0.15, 0.2) is 0 Å². The maximum absolute atomic E-state index is 12.1. The fourth-order valence-corrected chi connectivity index (χ4v) is 2.87. The van der Waals surface area contributed by atoms with Crippen LogP contribution in [0.25, 0.3) is 0 Å². The van der Waals surface area contributed by atoms with Crippen molar-refractivity contribution in [3.05, 3.63) is 34.9 Å². The van der Waals surface area contributed by atoms with E-state index in [1.807, 2.05) is 12.1 Å². The van der Waals surface area contributed by atoms with Crippen molar-refractivity contribution >= 4 is 23.2 Å². The lowest BCUT2D eigenvalue weighted by Gasteiger charge is -2.30. The second-order valence-electron chi connectivity index (χ2n) is 5.01. The third kappa shape index (κ3) is 2.03. The van der Waals surface area contributed by atoms with Gasteiger partial charge in [0.1, 0.15) is 11.4 Å². The first-order valence-corrected chi connectivity index (χ1v) is 6.75. The zero-order valence-electron chi connectivity index (χ0n) is 10.1. The van der Waals surface area contributed by atoms with E-state index in [4.69, 9.17) is 11.6 Å². The minimum Gasteiger partial charge on any atom is -0.326 e. The van der Waals surface area contributed by atoms with Crippen molar-refractivity contribution < 1.29 is 4.79 Å². The number of halogens is 1. The molecule has 1 saturated carbocycles. The van der Waals surface area contributed by atoms with Crippen molar-refractivity contribution in [1.29, 1.82) is 0 Å². The van der Waals surface area contributed by atoms with Crippen LogP contribution in [0.5, 0.6) is 0 Å². The van der Waals surface area contributed by atoms with E-state index >= 15 is 0 Å². The van der Waals surface area contributed by atoms with Crippen LogP contribution in [0.4, 0.5) is 0 Å². The Morgan fingerprint density at radius 3 is 2.44 bits per heavy atom. The molecule has 1 N–H and O–H groups in total. The Balaban J connectivity index is 1.93. The Kier molecular flexibility index (Phi) is 2.86. The summed E-state index contributed by atoms with van der Waals surface area (Å²) in [7, 11) is 0. The molecule has 1 aromatic rings. The number of carbonyl (C=O) groups is 1.